The molecule has 20 heavy (non-hydrogen) atoms. The number of nitrogens with one attached hydrogen (secondary N) is 2. The second-order valence-corrected chi connectivity index (χ2v) is 4.76. The first kappa shape index (κ1) is 14.2. The topological polar surface area (TPSA) is 76.7 Å². The molecule has 0 saturated carbocycles. The van der Waals surface area contributed by atoms with Crippen LogP contribution in [-0.2, 0) is 4.79 Å². The van der Waals surface area contributed by atoms with Gasteiger partial charge in [-0.1, -0.05) is 0 Å². The van der Waals surface area contributed by atoms with Crippen LogP contribution in [0, 0.1) is 0 Å². The third-order valence-corrected chi connectivity index (χ3v) is 2.66. The quantitative estimate of drug-likeness (QED) is 0.850. The number of benzene rings is 1. The molecule has 2 rings (SSSR count). The van der Waals surface area contributed by atoms with Crippen molar-refractivity contribution in [3.63, 3.8) is 0 Å². The largest absolute Gasteiger partial charge is 0.486 e. The van der Waals surface area contributed by atoms with E-state index in [1.165, 1.54) is 0 Å². The van der Waals surface area contributed by atoms with E-state index in [9.17, 15) is 9.59 Å². The van der Waals surface area contributed by atoms with Gasteiger partial charge in [0.05, 0.1) is 6.54 Å². The third-order valence-electron chi connectivity index (χ3n) is 2.66. The molecule has 1 aliphatic rings. The Morgan fingerprint density at radius 2 is 1.90 bits per heavy atom. The summed E-state index contributed by atoms with van der Waals surface area (Å²) in [7, 11) is 0. The first-order valence-corrected chi connectivity index (χ1v) is 6.53. The van der Waals surface area contributed by atoms with Gasteiger partial charge in [0.25, 0.3) is 5.91 Å². The molecule has 1 aromatic carbocycles. The summed E-state index contributed by atoms with van der Waals surface area (Å²) in [4.78, 5) is 23.4. The lowest BCUT2D eigenvalue weighted by Crippen LogP contribution is -2.39. The third kappa shape index (κ3) is 3.63. The van der Waals surface area contributed by atoms with E-state index in [-0.39, 0.29) is 24.4 Å². The van der Waals surface area contributed by atoms with E-state index in [2.05, 4.69) is 10.6 Å². The maximum atomic E-state index is 11.9. The van der Waals surface area contributed by atoms with Gasteiger partial charge in [-0.15, -0.1) is 0 Å². The number of hydrogen-bond acceptors (Lipinski definition) is 4. The van der Waals surface area contributed by atoms with E-state index >= 15 is 0 Å². The molecule has 0 fully saturated rings. The summed E-state index contributed by atoms with van der Waals surface area (Å²) in [6, 6.07) is 5.00. The fraction of sp³-hybridized carbons (Fsp3) is 0.429. The SMILES string of the molecule is CC(C)NC(=O)CNC(=O)c1ccc2c(c1)OCCO2. The maximum Gasteiger partial charge on any atom is 0.251 e. The van der Waals surface area contributed by atoms with Crippen molar-refractivity contribution in [3.05, 3.63) is 23.8 Å². The lowest BCUT2D eigenvalue weighted by atomic mass is 10.2. The highest BCUT2D eigenvalue weighted by Crippen LogP contribution is 2.30. The van der Waals surface area contributed by atoms with E-state index in [1.807, 2.05) is 13.8 Å². The van der Waals surface area contributed by atoms with Gasteiger partial charge in [-0.05, 0) is 32.0 Å². The van der Waals surface area contributed by atoms with Gasteiger partial charge in [-0.2, -0.15) is 0 Å². The zero-order valence-corrected chi connectivity index (χ0v) is 11.6. The second-order valence-electron chi connectivity index (χ2n) is 4.76. The minimum Gasteiger partial charge on any atom is -0.486 e. The Morgan fingerprint density at radius 3 is 2.60 bits per heavy atom. The van der Waals surface area contributed by atoms with Gasteiger partial charge < -0.3 is 20.1 Å². The maximum absolute atomic E-state index is 11.9. The predicted octanol–water partition coefficient (Wildman–Crippen LogP) is 0.712. The molecule has 1 aliphatic heterocycles. The van der Waals surface area contributed by atoms with Crippen molar-refractivity contribution in [2.45, 2.75) is 19.9 Å². The van der Waals surface area contributed by atoms with E-state index in [0.29, 0.717) is 30.3 Å². The van der Waals surface area contributed by atoms with Crippen molar-refractivity contribution in [2.24, 2.45) is 0 Å². The lowest BCUT2D eigenvalue weighted by Gasteiger charge is -2.18. The zero-order valence-electron chi connectivity index (χ0n) is 11.6. The monoisotopic (exact) mass is 278 g/mol. The second kappa shape index (κ2) is 6.27. The van der Waals surface area contributed by atoms with Gasteiger partial charge in [0.1, 0.15) is 13.2 Å². The van der Waals surface area contributed by atoms with Crippen LogP contribution in [0.3, 0.4) is 0 Å². The van der Waals surface area contributed by atoms with Crippen molar-refractivity contribution in [1.29, 1.82) is 0 Å². The first-order valence-electron chi connectivity index (χ1n) is 6.53. The molecule has 0 aromatic heterocycles. The Bertz CT molecular complexity index is 514. The molecule has 0 radical (unpaired) electrons. The van der Waals surface area contributed by atoms with Crippen LogP contribution in [0.4, 0.5) is 0 Å². The molecule has 1 aromatic rings. The van der Waals surface area contributed by atoms with Crippen LogP contribution in [0.15, 0.2) is 18.2 Å². The van der Waals surface area contributed by atoms with Crippen LogP contribution in [0.25, 0.3) is 0 Å². The zero-order chi connectivity index (χ0) is 14.5. The number of hydrogen-bond donors (Lipinski definition) is 2. The van der Waals surface area contributed by atoms with Gasteiger partial charge in [-0.3, -0.25) is 9.59 Å². The predicted molar refractivity (Wildman–Crippen MR) is 73.0 cm³/mol. The summed E-state index contributed by atoms with van der Waals surface area (Å²) in [5.41, 5.74) is 0.437. The Labute approximate surface area is 117 Å². The molecule has 1 heterocycles. The number of carbonyl (C=O) groups is 2. The van der Waals surface area contributed by atoms with E-state index < -0.39 is 0 Å². The van der Waals surface area contributed by atoms with Crippen molar-refractivity contribution in [2.75, 3.05) is 19.8 Å². The summed E-state index contributed by atoms with van der Waals surface area (Å²) >= 11 is 0. The summed E-state index contributed by atoms with van der Waals surface area (Å²) in [6.07, 6.45) is 0. The Kier molecular flexibility index (Phi) is 4.45. The molecule has 108 valence electrons. The molecule has 0 atom stereocenters. The van der Waals surface area contributed by atoms with Crippen molar-refractivity contribution in [1.82, 2.24) is 10.6 Å². The van der Waals surface area contributed by atoms with Gasteiger partial charge in [0.2, 0.25) is 5.91 Å². The fourth-order valence-corrected chi connectivity index (χ4v) is 1.82. The summed E-state index contributed by atoms with van der Waals surface area (Å²) in [6.45, 7) is 4.65. The fourth-order valence-electron chi connectivity index (χ4n) is 1.82. The smallest absolute Gasteiger partial charge is 0.251 e. The number of rotatable bonds is 4. The van der Waals surface area contributed by atoms with Crippen LogP contribution in [-0.4, -0.2) is 37.6 Å². The molecule has 2 amide bonds. The van der Waals surface area contributed by atoms with E-state index in [4.69, 9.17) is 9.47 Å². The van der Waals surface area contributed by atoms with Crippen molar-refractivity contribution < 1.29 is 19.1 Å². The average Bonchev–Trinajstić information content (AvgIpc) is 2.43. The van der Waals surface area contributed by atoms with Crippen LogP contribution < -0.4 is 20.1 Å². The van der Waals surface area contributed by atoms with Crippen LogP contribution in [0.1, 0.15) is 24.2 Å². The molecule has 0 unspecified atom stereocenters. The number of carbonyl (C=O) groups excluding carboxylic acids is 2. The van der Waals surface area contributed by atoms with Gasteiger partial charge in [0, 0.05) is 11.6 Å². The molecular formula is C14H18N2O4. The Morgan fingerprint density at radius 1 is 1.20 bits per heavy atom. The molecule has 6 heteroatoms. The van der Waals surface area contributed by atoms with Gasteiger partial charge in [-0.25, -0.2) is 0 Å². The van der Waals surface area contributed by atoms with Gasteiger partial charge >= 0.3 is 0 Å². The van der Waals surface area contributed by atoms with Crippen LogP contribution in [0.5, 0.6) is 11.5 Å². The first-order chi connectivity index (χ1) is 9.56. The Hall–Kier alpha value is -2.24. The number of amides is 2. The van der Waals surface area contributed by atoms with Crippen LogP contribution in [0.2, 0.25) is 0 Å². The average molecular weight is 278 g/mol. The van der Waals surface area contributed by atoms with Gasteiger partial charge in [0.15, 0.2) is 11.5 Å². The minimum absolute atomic E-state index is 0.0497. The highest BCUT2D eigenvalue weighted by molar-refractivity contribution is 5.97. The molecule has 0 saturated heterocycles. The normalized spacial score (nSPS) is 12.9. The summed E-state index contributed by atoms with van der Waals surface area (Å²) in [5.74, 6) is 0.646. The molecule has 2 N–H and O–H groups in total. The van der Waals surface area contributed by atoms with Crippen molar-refractivity contribution >= 4 is 11.8 Å². The van der Waals surface area contributed by atoms with E-state index in [0.717, 1.165) is 0 Å². The van der Waals surface area contributed by atoms with E-state index in [1.54, 1.807) is 18.2 Å². The number of fused-ring (bicyclic) bond motifs is 1. The highest BCUT2D eigenvalue weighted by atomic mass is 16.6. The van der Waals surface area contributed by atoms with Crippen LogP contribution >= 0.6 is 0 Å². The molecular weight excluding hydrogens is 260 g/mol. The molecule has 0 bridgehead atoms. The Balaban J connectivity index is 1.94. The molecule has 0 spiro atoms. The minimum atomic E-state index is -0.319. The number of ether oxygens (including phenoxy) is 2. The van der Waals surface area contributed by atoms with Crippen molar-refractivity contribution in [3.8, 4) is 11.5 Å². The summed E-state index contributed by atoms with van der Waals surface area (Å²) < 4.78 is 10.8. The summed E-state index contributed by atoms with van der Waals surface area (Å²) in [5, 5.41) is 5.26. The lowest BCUT2D eigenvalue weighted by molar-refractivity contribution is -0.120. The molecule has 0 aliphatic carbocycles. The molecule has 6 nitrogen and oxygen atoms in total. The standard InChI is InChI=1S/C14H18N2O4/c1-9(2)16-13(17)8-15-14(18)10-3-4-11-12(7-10)20-6-5-19-11/h3-4,7,9H,5-6,8H2,1-2H3,(H,15,18)(H,16,17). The highest BCUT2D eigenvalue weighted by Gasteiger charge is 2.15.